The second-order valence-electron chi connectivity index (χ2n) is 4.33. The minimum absolute atomic E-state index is 0.103. The Balaban J connectivity index is 2.10. The molecule has 0 aliphatic heterocycles. The van der Waals surface area contributed by atoms with Crippen LogP contribution in [0.2, 0.25) is 0 Å². The van der Waals surface area contributed by atoms with Crippen molar-refractivity contribution < 1.29 is 9.47 Å². The van der Waals surface area contributed by atoms with Crippen molar-refractivity contribution in [3.8, 4) is 11.6 Å². The molecular weight excluding hydrogens is 240 g/mol. The number of methoxy groups -OCH3 is 1. The van der Waals surface area contributed by atoms with E-state index in [0.29, 0.717) is 12.5 Å². The molecule has 1 aromatic carbocycles. The second-order valence-corrected chi connectivity index (χ2v) is 4.33. The molecule has 0 bridgehead atoms. The summed E-state index contributed by atoms with van der Waals surface area (Å²) in [6.07, 6.45) is 1.70. The lowest BCUT2D eigenvalue weighted by atomic mass is 10.1. The molecule has 1 aromatic heterocycles. The first-order chi connectivity index (χ1) is 9.20. The van der Waals surface area contributed by atoms with Gasteiger partial charge in [-0.3, -0.25) is 0 Å². The fraction of sp³-hybridized carbons (Fsp3) is 0.267. The molecular formula is C15H18N2O2. The highest BCUT2D eigenvalue weighted by Crippen LogP contribution is 2.22. The number of nitrogens with two attached hydrogens (primary N) is 1. The average Bonchev–Trinajstić information content (AvgIpc) is 2.45. The molecule has 19 heavy (non-hydrogen) atoms. The molecule has 0 saturated heterocycles. The molecule has 4 nitrogen and oxygen atoms in total. The van der Waals surface area contributed by atoms with Crippen molar-refractivity contribution in [2.24, 2.45) is 5.73 Å². The molecule has 0 aliphatic rings. The Kier molecular flexibility index (Phi) is 4.36. The van der Waals surface area contributed by atoms with Crippen molar-refractivity contribution in [1.82, 2.24) is 4.98 Å². The summed E-state index contributed by atoms with van der Waals surface area (Å²) in [7, 11) is 1.65. The van der Waals surface area contributed by atoms with E-state index in [1.807, 2.05) is 43.3 Å². The Morgan fingerprint density at radius 1 is 1.26 bits per heavy atom. The van der Waals surface area contributed by atoms with E-state index in [0.717, 1.165) is 16.9 Å². The zero-order valence-electron chi connectivity index (χ0n) is 11.2. The van der Waals surface area contributed by atoms with Gasteiger partial charge in [-0.05, 0) is 30.7 Å². The van der Waals surface area contributed by atoms with Gasteiger partial charge in [0.25, 0.3) is 0 Å². The zero-order valence-corrected chi connectivity index (χ0v) is 11.2. The summed E-state index contributed by atoms with van der Waals surface area (Å²) in [6.45, 7) is 2.35. The highest BCUT2D eigenvalue weighted by molar-refractivity contribution is 5.30. The van der Waals surface area contributed by atoms with Gasteiger partial charge in [0, 0.05) is 17.8 Å². The second kappa shape index (κ2) is 6.20. The highest BCUT2D eigenvalue weighted by Gasteiger charge is 2.08. The molecule has 2 N–H and O–H groups in total. The van der Waals surface area contributed by atoms with E-state index >= 15 is 0 Å². The zero-order chi connectivity index (χ0) is 13.7. The van der Waals surface area contributed by atoms with Gasteiger partial charge in [0.2, 0.25) is 5.88 Å². The van der Waals surface area contributed by atoms with Gasteiger partial charge < -0.3 is 15.2 Å². The third-order valence-corrected chi connectivity index (χ3v) is 2.80. The number of benzene rings is 1. The summed E-state index contributed by atoms with van der Waals surface area (Å²) in [6, 6.07) is 11.4. The van der Waals surface area contributed by atoms with Gasteiger partial charge in [0.1, 0.15) is 12.4 Å². The largest absolute Gasteiger partial charge is 0.497 e. The van der Waals surface area contributed by atoms with E-state index in [4.69, 9.17) is 15.2 Å². The molecule has 2 rings (SSSR count). The minimum atomic E-state index is -0.103. The molecule has 100 valence electrons. The van der Waals surface area contributed by atoms with E-state index in [1.54, 1.807) is 13.3 Å². The smallest absolute Gasteiger partial charge is 0.218 e. The number of hydrogen-bond acceptors (Lipinski definition) is 4. The topological polar surface area (TPSA) is 57.4 Å². The lowest BCUT2D eigenvalue weighted by molar-refractivity contribution is 0.288. The number of rotatable bonds is 5. The molecule has 0 spiro atoms. The van der Waals surface area contributed by atoms with Crippen LogP contribution in [0.1, 0.15) is 24.1 Å². The predicted octanol–water partition coefficient (Wildman–Crippen LogP) is 2.69. The average molecular weight is 258 g/mol. The van der Waals surface area contributed by atoms with E-state index in [-0.39, 0.29) is 6.04 Å². The summed E-state index contributed by atoms with van der Waals surface area (Å²) in [5.74, 6) is 1.40. The van der Waals surface area contributed by atoms with Crippen LogP contribution in [0.4, 0.5) is 0 Å². The molecule has 1 unspecified atom stereocenters. The van der Waals surface area contributed by atoms with E-state index in [9.17, 15) is 0 Å². The number of hydrogen-bond donors (Lipinski definition) is 1. The highest BCUT2D eigenvalue weighted by atomic mass is 16.5. The third-order valence-electron chi connectivity index (χ3n) is 2.80. The van der Waals surface area contributed by atoms with Crippen molar-refractivity contribution in [2.45, 2.75) is 19.6 Å². The molecule has 1 atom stereocenters. The molecule has 0 aliphatic carbocycles. The van der Waals surface area contributed by atoms with Crippen molar-refractivity contribution in [1.29, 1.82) is 0 Å². The van der Waals surface area contributed by atoms with Crippen LogP contribution in [-0.2, 0) is 6.61 Å². The van der Waals surface area contributed by atoms with E-state index < -0.39 is 0 Å². The Labute approximate surface area is 113 Å². The molecule has 2 aromatic rings. The van der Waals surface area contributed by atoms with Crippen molar-refractivity contribution in [3.05, 3.63) is 53.7 Å². The van der Waals surface area contributed by atoms with Crippen LogP contribution in [0.15, 0.2) is 42.6 Å². The molecule has 4 heteroatoms. The molecule has 1 heterocycles. The van der Waals surface area contributed by atoms with Gasteiger partial charge in [0.15, 0.2) is 0 Å². The summed E-state index contributed by atoms with van der Waals surface area (Å²) in [5, 5.41) is 0. The van der Waals surface area contributed by atoms with Gasteiger partial charge in [-0.2, -0.15) is 0 Å². The number of aromatic nitrogens is 1. The monoisotopic (exact) mass is 258 g/mol. The molecule has 0 radical (unpaired) electrons. The fourth-order valence-electron chi connectivity index (χ4n) is 1.78. The maximum atomic E-state index is 5.89. The van der Waals surface area contributed by atoms with Gasteiger partial charge in [-0.15, -0.1) is 0 Å². The van der Waals surface area contributed by atoms with Crippen LogP contribution in [-0.4, -0.2) is 12.1 Å². The Hall–Kier alpha value is -2.07. The van der Waals surface area contributed by atoms with Crippen LogP contribution in [0.5, 0.6) is 11.6 Å². The summed E-state index contributed by atoms with van der Waals surface area (Å²) in [5.41, 5.74) is 7.83. The van der Waals surface area contributed by atoms with Gasteiger partial charge >= 0.3 is 0 Å². The van der Waals surface area contributed by atoms with Crippen LogP contribution >= 0.6 is 0 Å². The Morgan fingerprint density at radius 3 is 2.84 bits per heavy atom. The standard InChI is InChI=1S/C15H18N2O2/c1-11(16)14-7-4-8-17-15(14)19-10-12-5-3-6-13(9-12)18-2/h3-9,11H,10,16H2,1-2H3. The summed E-state index contributed by atoms with van der Waals surface area (Å²) in [4.78, 5) is 4.22. The Morgan fingerprint density at radius 2 is 2.11 bits per heavy atom. The molecule has 0 amide bonds. The fourth-order valence-corrected chi connectivity index (χ4v) is 1.78. The maximum absolute atomic E-state index is 5.89. The van der Waals surface area contributed by atoms with Crippen LogP contribution in [0.3, 0.4) is 0 Å². The maximum Gasteiger partial charge on any atom is 0.218 e. The van der Waals surface area contributed by atoms with Crippen LogP contribution < -0.4 is 15.2 Å². The molecule has 0 saturated carbocycles. The van der Waals surface area contributed by atoms with E-state index in [2.05, 4.69) is 4.98 Å². The summed E-state index contributed by atoms with van der Waals surface area (Å²) < 4.78 is 10.9. The van der Waals surface area contributed by atoms with Crippen molar-refractivity contribution >= 4 is 0 Å². The SMILES string of the molecule is COc1cccc(COc2ncccc2C(C)N)c1. The number of ether oxygens (including phenoxy) is 2. The first kappa shape index (κ1) is 13.4. The molecule has 0 fully saturated rings. The van der Waals surface area contributed by atoms with Crippen molar-refractivity contribution in [3.63, 3.8) is 0 Å². The number of nitrogens with zero attached hydrogens (tertiary/aromatic N) is 1. The van der Waals surface area contributed by atoms with Crippen molar-refractivity contribution in [2.75, 3.05) is 7.11 Å². The predicted molar refractivity (Wildman–Crippen MR) is 74.2 cm³/mol. The lowest BCUT2D eigenvalue weighted by Crippen LogP contribution is -2.09. The third kappa shape index (κ3) is 3.45. The van der Waals surface area contributed by atoms with Crippen LogP contribution in [0, 0.1) is 0 Å². The van der Waals surface area contributed by atoms with Crippen LogP contribution in [0.25, 0.3) is 0 Å². The number of pyridine rings is 1. The lowest BCUT2D eigenvalue weighted by Gasteiger charge is -2.12. The first-order valence-corrected chi connectivity index (χ1v) is 6.17. The van der Waals surface area contributed by atoms with Gasteiger partial charge in [-0.1, -0.05) is 18.2 Å². The van der Waals surface area contributed by atoms with Gasteiger partial charge in [0.05, 0.1) is 7.11 Å². The first-order valence-electron chi connectivity index (χ1n) is 6.17. The quantitative estimate of drug-likeness (QED) is 0.895. The van der Waals surface area contributed by atoms with E-state index in [1.165, 1.54) is 0 Å². The van der Waals surface area contributed by atoms with Gasteiger partial charge in [-0.25, -0.2) is 4.98 Å². The Bertz CT molecular complexity index is 541. The minimum Gasteiger partial charge on any atom is -0.497 e. The summed E-state index contributed by atoms with van der Waals surface area (Å²) >= 11 is 0. The normalized spacial score (nSPS) is 11.9.